The fourth-order valence-electron chi connectivity index (χ4n) is 3.14. The Bertz CT molecular complexity index is 1110. The number of para-hydroxylation sites is 1. The van der Waals surface area contributed by atoms with Crippen LogP contribution in [0.2, 0.25) is 10.0 Å². The number of benzene rings is 2. The summed E-state index contributed by atoms with van der Waals surface area (Å²) in [5, 5.41) is 10.8. The molecule has 1 atom stereocenters. The van der Waals surface area contributed by atoms with Gasteiger partial charge in [-0.3, -0.25) is 14.5 Å². The first kappa shape index (κ1) is 19.0. The highest BCUT2D eigenvalue weighted by atomic mass is 35.5. The Morgan fingerprint density at radius 1 is 1.36 bits per heavy atom. The standard InChI is InChI=1S/C19H14Cl2N2O4S/c1-9-3-2-4-12-18(9)27-13(7-16(24)25)19(26)23(12)8-15-22-17-11(21)5-10(20)6-14(17)28-15/h2-6,13H,7-8H2,1H3,(H,24,25). The lowest BCUT2D eigenvalue weighted by molar-refractivity contribution is -0.142. The molecule has 0 aliphatic carbocycles. The zero-order valence-corrected chi connectivity index (χ0v) is 16.9. The van der Waals surface area contributed by atoms with Gasteiger partial charge >= 0.3 is 5.97 Å². The molecule has 0 saturated heterocycles. The Hall–Kier alpha value is -2.35. The first-order valence-electron chi connectivity index (χ1n) is 8.37. The minimum Gasteiger partial charge on any atom is -0.481 e. The molecule has 1 N–H and O–H groups in total. The van der Waals surface area contributed by atoms with Crippen molar-refractivity contribution in [2.75, 3.05) is 4.90 Å². The maximum atomic E-state index is 12.9. The molecule has 0 saturated carbocycles. The van der Waals surface area contributed by atoms with Crippen LogP contribution in [0.25, 0.3) is 10.2 Å². The SMILES string of the molecule is Cc1cccc2c1OC(CC(=O)O)C(=O)N2Cc1nc2c(Cl)cc(Cl)cc2s1. The molecular formula is C19H14Cl2N2O4S. The summed E-state index contributed by atoms with van der Waals surface area (Å²) in [6, 6.07) is 8.84. The van der Waals surface area contributed by atoms with E-state index in [2.05, 4.69) is 4.98 Å². The molecule has 3 aromatic rings. The van der Waals surface area contributed by atoms with Crippen molar-refractivity contribution in [1.82, 2.24) is 4.98 Å². The second-order valence-corrected chi connectivity index (χ2v) is 8.35. The molecule has 1 aliphatic heterocycles. The van der Waals surface area contributed by atoms with Crippen molar-refractivity contribution in [2.45, 2.75) is 26.0 Å². The number of carbonyl (C=O) groups excluding carboxylic acids is 1. The van der Waals surface area contributed by atoms with E-state index in [1.165, 1.54) is 16.2 Å². The van der Waals surface area contributed by atoms with Crippen molar-refractivity contribution in [2.24, 2.45) is 0 Å². The summed E-state index contributed by atoms with van der Waals surface area (Å²) in [6.07, 6.45) is -1.50. The smallest absolute Gasteiger partial charge is 0.307 e. The number of hydrogen-bond acceptors (Lipinski definition) is 5. The third kappa shape index (κ3) is 3.41. The molecule has 144 valence electrons. The van der Waals surface area contributed by atoms with Crippen LogP contribution < -0.4 is 9.64 Å². The second kappa shape index (κ2) is 7.24. The predicted molar refractivity (Wildman–Crippen MR) is 109 cm³/mol. The van der Waals surface area contributed by atoms with Crippen LogP contribution in [0.5, 0.6) is 5.75 Å². The van der Waals surface area contributed by atoms with Crippen molar-refractivity contribution < 1.29 is 19.4 Å². The van der Waals surface area contributed by atoms with E-state index >= 15 is 0 Å². The van der Waals surface area contributed by atoms with Gasteiger partial charge in [-0.15, -0.1) is 11.3 Å². The van der Waals surface area contributed by atoms with Crippen molar-refractivity contribution in [3.8, 4) is 5.75 Å². The number of thiazole rings is 1. The number of aliphatic carboxylic acids is 1. The molecule has 0 radical (unpaired) electrons. The third-order valence-corrected chi connectivity index (χ3v) is 5.89. The number of halogens is 2. The highest BCUT2D eigenvalue weighted by molar-refractivity contribution is 7.18. The van der Waals surface area contributed by atoms with Gasteiger partial charge in [0, 0.05) is 5.02 Å². The van der Waals surface area contributed by atoms with E-state index in [1.807, 2.05) is 19.1 Å². The fourth-order valence-corrected chi connectivity index (χ4v) is 4.82. The Morgan fingerprint density at radius 2 is 2.14 bits per heavy atom. The summed E-state index contributed by atoms with van der Waals surface area (Å²) in [4.78, 5) is 30.2. The average Bonchev–Trinajstić information content (AvgIpc) is 3.02. The van der Waals surface area contributed by atoms with Crippen molar-refractivity contribution in [1.29, 1.82) is 0 Å². The Kier molecular flexibility index (Phi) is 4.91. The topological polar surface area (TPSA) is 79.7 Å². The number of carbonyl (C=O) groups is 2. The number of aromatic nitrogens is 1. The van der Waals surface area contributed by atoms with E-state index in [-0.39, 0.29) is 6.54 Å². The van der Waals surface area contributed by atoms with Crippen LogP contribution >= 0.6 is 34.5 Å². The first-order valence-corrected chi connectivity index (χ1v) is 9.94. The van der Waals surface area contributed by atoms with Crippen molar-refractivity contribution >= 4 is 62.3 Å². The zero-order valence-electron chi connectivity index (χ0n) is 14.6. The van der Waals surface area contributed by atoms with Gasteiger partial charge in [0.05, 0.1) is 28.4 Å². The summed E-state index contributed by atoms with van der Waals surface area (Å²) >= 11 is 13.7. The number of rotatable bonds is 4. The average molecular weight is 437 g/mol. The zero-order chi connectivity index (χ0) is 20.0. The van der Waals surface area contributed by atoms with Crippen molar-refractivity contribution in [3.05, 3.63) is 50.9 Å². The molecule has 0 bridgehead atoms. The summed E-state index contributed by atoms with van der Waals surface area (Å²) < 4.78 is 6.54. The Morgan fingerprint density at radius 3 is 2.89 bits per heavy atom. The van der Waals surface area contributed by atoms with Crippen LogP contribution in [0.1, 0.15) is 17.0 Å². The maximum Gasteiger partial charge on any atom is 0.307 e. The molecular weight excluding hydrogens is 423 g/mol. The number of carboxylic acids is 1. The molecule has 6 nitrogen and oxygen atoms in total. The van der Waals surface area contributed by atoms with Gasteiger partial charge in [-0.05, 0) is 30.7 Å². The van der Waals surface area contributed by atoms with Gasteiger partial charge in [-0.1, -0.05) is 35.3 Å². The molecule has 1 unspecified atom stereocenters. The van der Waals surface area contributed by atoms with Gasteiger partial charge in [0.1, 0.15) is 16.3 Å². The van der Waals surface area contributed by atoms with E-state index in [4.69, 9.17) is 33.0 Å². The third-order valence-electron chi connectivity index (χ3n) is 4.39. The fraction of sp³-hybridized carbons (Fsp3) is 0.211. The van der Waals surface area contributed by atoms with Gasteiger partial charge in [0.2, 0.25) is 0 Å². The predicted octanol–water partition coefficient (Wildman–Crippen LogP) is 4.68. The van der Waals surface area contributed by atoms with Crippen LogP contribution in [0.15, 0.2) is 30.3 Å². The number of nitrogens with zero attached hydrogens (tertiary/aromatic N) is 2. The monoisotopic (exact) mass is 436 g/mol. The molecule has 1 aliphatic rings. The molecule has 2 aromatic carbocycles. The molecule has 2 heterocycles. The summed E-state index contributed by atoms with van der Waals surface area (Å²) in [5.74, 6) is -1.00. The van der Waals surface area contributed by atoms with Gasteiger partial charge in [-0.25, -0.2) is 4.98 Å². The first-order chi connectivity index (χ1) is 13.3. The normalized spacial score (nSPS) is 16.2. The van der Waals surface area contributed by atoms with Crippen LogP contribution in [-0.2, 0) is 16.1 Å². The molecule has 0 spiro atoms. The molecule has 4 rings (SSSR count). The quantitative estimate of drug-likeness (QED) is 0.641. The number of fused-ring (bicyclic) bond motifs is 2. The van der Waals surface area contributed by atoms with Gasteiger partial charge in [-0.2, -0.15) is 0 Å². The summed E-state index contributed by atoms with van der Waals surface area (Å²) in [7, 11) is 0. The summed E-state index contributed by atoms with van der Waals surface area (Å²) in [5.41, 5.74) is 2.04. The van der Waals surface area contributed by atoms with Crippen LogP contribution in [0, 0.1) is 6.92 Å². The van der Waals surface area contributed by atoms with Crippen LogP contribution in [0.3, 0.4) is 0 Å². The maximum absolute atomic E-state index is 12.9. The van der Waals surface area contributed by atoms with Gasteiger partial charge in [0.25, 0.3) is 5.91 Å². The number of ether oxygens (including phenoxy) is 1. The number of hydrogen-bond donors (Lipinski definition) is 1. The lowest BCUT2D eigenvalue weighted by atomic mass is 10.1. The van der Waals surface area contributed by atoms with Crippen LogP contribution in [0.4, 0.5) is 5.69 Å². The van der Waals surface area contributed by atoms with E-state index < -0.39 is 24.4 Å². The highest BCUT2D eigenvalue weighted by Crippen LogP contribution is 2.39. The minimum absolute atomic E-state index is 0.183. The van der Waals surface area contributed by atoms with Gasteiger partial charge < -0.3 is 9.84 Å². The number of aryl methyl sites for hydroxylation is 1. The largest absolute Gasteiger partial charge is 0.481 e. The van der Waals surface area contributed by atoms with E-state index in [1.54, 1.807) is 18.2 Å². The van der Waals surface area contributed by atoms with E-state index in [0.717, 1.165) is 10.3 Å². The van der Waals surface area contributed by atoms with E-state index in [9.17, 15) is 9.59 Å². The molecule has 1 amide bonds. The van der Waals surface area contributed by atoms with Gasteiger partial charge in [0.15, 0.2) is 6.10 Å². The van der Waals surface area contributed by atoms with Crippen molar-refractivity contribution in [3.63, 3.8) is 0 Å². The summed E-state index contributed by atoms with van der Waals surface area (Å²) in [6.45, 7) is 2.03. The lowest BCUT2D eigenvalue weighted by Gasteiger charge is -2.34. The second-order valence-electron chi connectivity index (χ2n) is 6.39. The Balaban J connectivity index is 1.75. The van der Waals surface area contributed by atoms with Crippen LogP contribution in [-0.4, -0.2) is 28.1 Å². The minimum atomic E-state index is -1.10. The number of amides is 1. The molecule has 1 aromatic heterocycles. The number of carboxylic acid groups (broad SMARTS) is 1. The molecule has 28 heavy (non-hydrogen) atoms. The molecule has 0 fully saturated rings. The molecule has 9 heteroatoms. The highest BCUT2D eigenvalue weighted by Gasteiger charge is 2.37. The Labute approximate surface area is 174 Å². The lowest BCUT2D eigenvalue weighted by Crippen LogP contribution is -2.46. The number of anilines is 1. The van der Waals surface area contributed by atoms with E-state index in [0.29, 0.717) is 32.0 Å².